The highest BCUT2D eigenvalue weighted by molar-refractivity contribution is 7.53. The summed E-state index contributed by atoms with van der Waals surface area (Å²) in [6.07, 6.45) is 0. The normalized spacial score (nSPS) is 12.9. The Hall–Kier alpha value is -0.750. The van der Waals surface area contributed by atoms with E-state index >= 15 is 0 Å². The summed E-state index contributed by atoms with van der Waals surface area (Å²) in [6.45, 7) is 1.69. The molecule has 1 aromatic carbocycles. The zero-order valence-electron chi connectivity index (χ0n) is 5.79. The number of hydrogen-bond acceptors (Lipinski definition) is 2. The number of nitrogen functional groups attached to an aromatic ring is 1. The fraction of sp³-hybridized carbons (Fsp3) is 0.143. The van der Waals surface area contributed by atoms with Crippen LogP contribution in [0.5, 0.6) is 0 Å². The smallest absolute Gasteiger partial charge is 0.103 e. The summed E-state index contributed by atoms with van der Waals surface area (Å²) in [5, 5.41) is 0.785. The zero-order valence-corrected chi connectivity index (χ0v) is 6.79. The maximum Gasteiger partial charge on any atom is 0.103 e. The maximum atomic E-state index is 11.0. The third kappa shape index (κ3) is 1.39. The number of para-hydroxylation sites is 1. The largest absolute Gasteiger partial charge is 0.398 e. The fourth-order valence-electron chi connectivity index (χ4n) is 0.818. The Morgan fingerprint density at radius 3 is 2.40 bits per heavy atom. The number of nitrogens with two attached hydrogens (primary N) is 1. The summed E-state index contributed by atoms with van der Waals surface area (Å²) in [7, 11) is -1.62. The molecule has 0 amide bonds. The van der Waals surface area contributed by atoms with Crippen LogP contribution in [0, 0.1) is 0 Å². The molecular formula is C7H10NOP. The first-order valence-corrected chi connectivity index (χ1v) is 4.98. The minimum absolute atomic E-state index is 0.633. The Morgan fingerprint density at radius 1 is 1.40 bits per heavy atom. The predicted octanol–water partition coefficient (Wildman–Crippen LogP) is 1.08. The highest BCUT2D eigenvalue weighted by Crippen LogP contribution is 2.17. The average Bonchev–Trinajstić information content (AvgIpc) is 1.88. The van der Waals surface area contributed by atoms with Crippen molar-refractivity contribution < 1.29 is 4.57 Å². The van der Waals surface area contributed by atoms with Crippen molar-refractivity contribution >= 4 is 18.8 Å². The minimum atomic E-state index is -1.62. The van der Waals surface area contributed by atoms with Gasteiger partial charge in [0.15, 0.2) is 0 Å². The van der Waals surface area contributed by atoms with Gasteiger partial charge in [0, 0.05) is 11.0 Å². The third-order valence-electron chi connectivity index (χ3n) is 1.34. The van der Waals surface area contributed by atoms with Gasteiger partial charge in [0.2, 0.25) is 0 Å². The molecule has 0 heterocycles. The molecule has 0 saturated carbocycles. The maximum absolute atomic E-state index is 11.0. The molecule has 1 rings (SSSR count). The second kappa shape index (κ2) is 2.89. The Morgan fingerprint density at radius 2 is 2.00 bits per heavy atom. The van der Waals surface area contributed by atoms with Crippen LogP contribution in [0.4, 0.5) is 5.69 Å². The van der Waals surface area contributed by atoms with Crippen molar-refractivity contribution in [3.8, 4) is 0 Å². The topological polar surface area (TPSA) is 43.1 Å². The third-order valence-corrected chi connectivity index (χ3v) is 2.55. The Balaban J connectivity index is 3.15. The Bertz CT molecular complexity index is 260. The molecule has 1 aromatic rings. The molecule has 3 heteroatoms. The van der Waals surface area contributed by atoms with E-state index in [1.807, 2.05) is 12.1 Å². The summed E-state index contributed by atoms with van der Waals surface area (Å²) < 4.78 is 11.0. The quantitative estimate of drug-likeness (QED) is 0.487. The van der Waals surface area contributed by atoms with E-state index in [2.05, 4.69) is 0 Å². The predicted molar refractivity (Wildman–Crippen MR) is 45.4 cm³/mol. The van der Waals surface area contributed by atoms with E-state index in [4.69, 9.17) is 5.73 Å². The second-order valence-electron chi connectivity index (χ2n) is 2.14. The van der Waals surface area contributed by atoms with E-state index in [-0.39, 0.29) is 0 Å². The summed E-state index contributed by atoms with van der Waals surface area (Å²) in [6, 6.07) is 7.25. The molecule has 10 heavy (non-hydrogen) atoms. The van der Waals surface area contributed by atoms with Gasteiger partial charge < -0.3 is 10.3 Å². The van der Waals surface area contributed by atoms with Gasteiger partial charge in [-0.1, -0.05) is 12.1 Å². The van der Waals surface area contributed by atoms with Crippen LogP contribution in [0.3, 0.4) is 0 Å². The number of anilines is 1. The lowest BCUT2D eigenvalue weighted by molar-refractivity contribution is 0.596. The van der Waals surface area contributed by atoms with Gasteiger partial charge in [0.1, 0.15) is 7.80 Å². The van der Waals surface area contributed by atoms with Crippen molar-refractivity contribution in [1.82, 2.24) is 0 Å². The van der Waals surface area contributed by atoms with Crippen molar-refractivity contribution in [2.45, 2.75) is 0 Å². The Kier molecular flexibility index (Phi) is 2.13. The molecule has 0 spiro atoms. The monoisotopic (exact) mass is 155 g/mol. The van der Waals surface area contributed by atoms with Crippen LogP contribution in [-0.2, 0) is 4.57 Å². The van der Waals surface area contributed by atoms with E-state index in [1.54, 1.807) is 18.8 Å². The molecule has 54 valence electrons. The molecule has 0 aliphatic heterocycles. The van der Waals surface area contributed by atoms with E-state index < -0.39 is 7.80 Å². The summed E-state index contributed by atoms with van der Waals surface area (Å²) >= 11 is 0. The van der Waals surface area contributed by atoms with Crippen molar-refractivity contribution in [3.05, 3.63) is 24.3 Å². The van der Waals surface area contributed by atoms with Gasteiger partial charge in [-0.2, -0.15) is 0 Å². The van der Waals surface area contributed by atoms with Gasteiger partial charge in [0.25, 0.3) is 0 Å². The second-order valence-corrected chi connectivity index (χ2v) is 3.79. The summed E-state index contributed by atoms with van der Waals surface area (Å²) in [5.74, 6) is 0. The minimum Gasteiger partial charge on any atom is -0.398 e. The van der Waals surface area contributed by atoms with Gasteiger partial charge in [-0.15, -0.1) is 0 Å². The molecule has 0 radical (unpaired) electrons. The number of hydrogen-bond donors (Lipinski definition) is 1. The van der Waals surface area contributed by atoms with Gasteiger partial charge in [-0.3, -0.25) is 0 Å². The molecule has 2 N–H and O–H groups in total. The lowest BCUT2D eigenvalue weighted by atomic mass is 10.3. The van der Waals surface area contributed by atoms with Crippen LogP contribution < -0.4 is 11.0 Å². The first-order valence-electron chi connectivity index (χ1n) is 3.07. The van der Waals surface area contributed by atoms with Gasteiger partial charge in [0.05, 0.1) is 0 Å². The molecule has 0 bridgehead atoms. The number of benzene rings is 1. The lowest BCUT2D eigenvalue weighted by Crippen LogP contribution is -2.02. The van der Waals surface area contributed by atoms with E-state index in [0.29, 0.717) is 5.69 Å². The highest BCUT2D eigenvalue weighted by atomic mass is 31.1. The molecule has 0 fully saturated rings. The standard InChI is InChI=1S/C7H10NOP/c1-10(9)7-5-3-2-4-6(7)8/h2-5,10H,8H2,1H3. The van der Waals surface area contributed by atoms with Crippen molar-refractivity contribution in [1.29, 1.82) is 0 Å². The van der Waals surface area contributed by atoms with Gasteiger partial charge >= 0.3 is 0 Å². The summed E-state index contributed by atoms with van der Waals surface area (Å²) in [4.78, 5) is 0. The highest BCUT2D eigenvalue weighted by Gasteiger charge is 1.98. The van der Waals surface area contributed by atoms with Crippen molar-refractivity contribution in [2.75, 3.05) is 12.4 Å². The molecule has 0 aliphatic rings. The molecule has 0 aromatic heterocycles. The zero-order chi connectivity index (χ0) is 7.56. The van der Waals surface area contributed by atoms with E-state index in [9.17, 15) is 4.57 Å². The molecule has 0 aliphatic carbocycles. The van der Waals surface area contributed by atoms with Crippen LogP contribution in [0.2, 0.25) is 0 Å². The molecule has 1 unspecified atom stereocenters. The molecule has 2 nitrogen and oxygen atoms in total. The van der Waals surface area contributed by atoms with Crippen LogP contribution in [0.25, 0.3) is 0 Å². The number of rotatable bonds is 1. The average molecular weight is 155 g/mol. The molecule has 1 atom stereocenters. The lowest BCUT2D eigenvalue weighted by Gasteiger charge is -1.98. The van der Waals surface area contributed by atoms with Gasteiger partial charge in [-0.05, 0) is 18.8 Å². The van der Waals surface area contributed by atoms with E-state index in [0.717, 1.165) is 5.30 Å². The first-order chi connectivity index (χ1) is 4.72. The fourth-order valence-corrected chi connectivity index (χ4v) is 1.64. The van der Waals surface area contributed by atoms with Crippen molar-refractivity contribution in [2.24, 2.45) is 0 Å². The van der Waals surface area contributed by atoms with Crippen LogP contribution in [0.1, 0.15) is 0 Å². The van der Waals surface area contributed by atoms with Crippen LogP contribution in [0.15, 0.2) is 24.3 Å². The molecular weight excluding hydrogens is 145 g/mol. The van der Waals surface area contributed by atoms with Crippen LogP contribution in [-0.4, -0.2) is 6.66 Å². The SMILES string of the molecule is C[PH](=O)c1ccccc1N. The Labute approximate surface area is 60.8 Å². The van der Waals surface area contributed by atoms with Gasteiger partial charge in [-0.25, -0.2) is 0 Å². The van der Waals surface area contributed by atoms with Crippen LogP contribution >= 0.6 is 7.80 Å². The van der Waals surface area contributed by atoms with E-state index in [1.165, 1.54) is 0 Å². The van der Waals surface area contributed by atoms with Crippen molar-refractivity contribution in [3.63, 3.8) is 0 Å². The first kappa shape index (κ1) is 7.36. The summed E-state index contributed by atoms with van der Waals surface area (Å²) in [5.41, 5.74) is 6.18. The molecule has 0 saturated heterocycles.